The van der Waals surface area contributed by atoms with Crippen LogP contribution in [0.25, 0.3) is 0 Å². The minimum atomic E-state index is -0.161. The number of hydrogen-bond donors (Lipinski definition) is 2. The molecule has 1 amide bonds. The van der Waals surface area contributed by atoms with Crippen molar-refractivity contribution in [2.45, 2.75) is 19.8 Å². The summed E-state index contributed by atoms with van der Waals surface area (Å²) < 4.78 is 0. The lowest BCUT2D eigenvalue weighted by Gasteiger charge is -2.22. The molecule has 1 aliphatic rings. The molecule has 0 unspecified atom stereocenters. The van der Waals surface area contributed by atoms with Gasteiger partial charge in [0.05, 0.1) is 11.4 Å². The summed E-state index contributed by atoms with van der Waals surface area (Å²) in [5.41, 5.74) is 2.08. The molecular weight excluding hydrogens is 246 g/mol. The first-order chi connectivity index (χ1) is 8.66. The van der Waals surface area contributed by atoms with E-state index in [0.717, 1.165) is 24.5 Å². The van der Waals surface area contributed by atoms with E-state index in [2.05, 4.69) is 21.6 Å². The van der Waals surface area contributed by atoms with Crippen molar-refractivity contribution in [2.24, 2.45) is 0 Å². The Morgan fingerprint density at radius 2 is 1.94 bits per heavy atom. The molecule has 0 saturated carbocycles. The number of nitrogens with one attached hydrogen (secondary N) is 2. The minimum absolute atomic E-state index is 0.161. The molecule has 0 spiro atoms. The monoisotopic (exact) mass is 263 g/mol. The highest BCUT2D eigenvalue weighted by molar-refractivity contribution is 7.80. The predicted octanol–water partition coefficient (Wildman–Crippen LogP) is 2.12. The predicted molar refractivity (Wildman–Crippen MR) is 77.9 cm³/mol. The molecule has 0 radical (unpaired) electrons. The lowest BCUT2D eigenvalue weighted by atomic mass is 10.2. The third-order valence-corrected chi connectivity index (χ3v) is 3.09. The summed E-state index contributed by atoms with van der Waals surface area (Å²) in [6, 6.07) is 8.02. The lowest BCUT2D eigenvalue weighted by molar-refractivity contribution is -0.117. The first-order valence-electron chi connectivity index (χ1n) is 6.09. The van der Waals surface area contributed by atoms with Gasteiger partial charge in [0, 0.05) is 20.0 Å². The Morgan fingerprint density at radius 1 is 1.28 bits per heavy atom. The molecule has 2 N–H and O–H groups in total. The Morgan fingerprint density at radius 3 is 2.61 bits per heavy atom. The molecule has 0 bridgehead atoms. The molecule has 1 heterocycles. The fourth-order valence-corrected chi connectivity index (χ4v) is 2.38. The van der Waals surface area contributed by atoms with Crippen LogP contribution in [0.3, 0.4) is 0 Å². The molecule has 96 valence electrons. The summed E-state index contributed by atoms with van der Waals surface area (Å²) in [4.78, 5) is 13.3. The van der Waals surface area contributed by atoms with Gasteiger partial charge in [-0.1, -0.05) is 12.1 Å². The van der Waals surface area contributed by atoms with E-state index in [1.54, 1.807) is 0 Å². The van der Waals surface area contributed by atoms with Crippen LogP contribution in [0, 0.1) is 0 Å². The number of rotatable bonds is 2. The molecule has 1 aliphatic heterocycles. The number of benzene rings is 1. The molecule has 18 heavy (non-hydrogen) atoms. The fourth-order valence-electron chi connectivity index (χ4n) is 2.13. The van der Waals surface area contributed by atoms with E-state index in [-0.39, 0.29) is 5.91 Å². The highest BCUT2D eigenvalue weighted by Crippen LogP contribution is 2.28. The fraction of sp³-hybridized carbons (Fsp3) is 0.385. The van der Waals surface area contributed by atoms with E-state index < -0.39 is 0 Å². The number of thiocarbonyl (C=S) groups is 1. The van der Waals surface area contributed by atoms with Crippen LogP contribution in [0.15, 0.2) is 24.3 Å². The van der Waals surface area contributed by atoms with Gasteiger partial charge in [-0.25, -0.2) is 0 Å². The molecule has 1 fully saturated rings. The molecule has 2 rings (SSSR count). The summed E-state index contributed by atoms with van der Waals surface area (Å²) in [6.45, 7) is 3.59. The second kappa shape index (κ2) is 5.82. The van der Waals surface area contributed by atoms with Crippen LogP contribution in [0.4, 0.5) is 11.4 Å². The average Bonchev–Trinajstić information content (AvgIpc) is 2.81. The van der Waals surface area contributed by atoms with Crippen molar-refractivity contribution in [3.05, 3.63) is 24.3 Å². The molecule has 0 aliphatic carbocycles. The van der Waals surface area contributed by atoms with Crippen LogP contribution in [0.1, 0.15) is 19.8 Å². The van der Waals surface area contributed by atoms with E-state index >= 15 is 0 Å². The summed E-state index contributed by atoms with van der Waals surface area (Å²) in [5, 5.41) is 5.99. The van der Waals surface area contributed by atoms with Crippen molar-refractivity contribution in [2.75, 3.05) is 23.3 Å². The second-order valence-corrected chi connectivity index (χ2v) is 4.75. The maximum Gasteiger partial charge on any atom is 0.222 e. The third kappa shape index (κ3) is 3.20. The summed E-state index contributed by atoms with van der Waals surface area (Å²) in [7, 11) is 0. The van der Waals surface area contributed by atoms with E-state index in [1.807, 2.05) is 18.2 Å². The van der Waals surface area contributed by atoms with E-state index in [4.69, 9.17) is 12.2 Å². The van der Waals surface area contributed by atoms with Gasteiger partial charge in [-0.15, -0.1) is 0 Å². The zero-order valence-electron chi connectivity index (χ0n) is 10.4. The van der Waals surface area contributed by atoms with Gasteiger partial charge in [-0.2, -0.15) is 0 Å². The van der Waals surface area contributed by atoms with Gasteiger partial charge >= 0.3 is 0 Å². The van der Waals surface area contributed by atoms with E-state index in [1.165, 1.54) is 19.8 Å². The van der Waals surface area contributed by atoms with Crippen molar-refractivity contribution in [3.63, 3.8) is 0 Å². The number of anilines is 2. The Bertz CT molecular complexity index is 455. The topological polar surface area (TPSA) is 44.4 Å². The zero-order valence-corrected chi connectivity index (χ0v) is 11.2. The normalized spacial score (nSPS) is 14.4. The quantitative estimate of drug-likeness (QED) is 0.802. The smallest absolute Gasteiger partial charge is 0.222 e. The van der Waals surface area contributed by atoms with Crippen molar-refractivity contribution >= 4 is 34.6 Å². The molecule has 1 saturated heterocycles. The lowest BCUT2D eigenvalue weighted by Crippen LogP contribution is -2.32. The first-order valence-corrected chi connectivity index (χ1v) is 6.50. The molecule has 0 aromatic heterocycles. The number of nitrogens with zero attached hydrogens (tertiary/aromatic N) is 1. The highest BCUT2D eigenvalue weighted by atomic mass is 32.1. The van der Waals surface area contributed by atoms with Gasteiger partial charge in [0.15, 0.2) is 5.11 Å². The number of carbonyl (C=O) groups excluding carboxylic acids is 1. The number of para-hydroxylation sites is 2. The molecular formula is C13H17N3OS. The van der Waals surface area contributed by atoms with Crippen LogP contribution in [-0.2, 0) is 4.79 Å². The third-order valence-electron chi connectivity index (χ3n) is 2.89. The molecule has 1 aromatic carbocycles. The second-order valence-electron chi connectivity index (χ2n) is 4.35. The number of amides is 1. The molecule has 1 aromatic rings. The summed E-state index contributed by atoms with van der Waals surface area (Å²) >= 11 is 5.08. The van der Waals surface area contributed by atoms with Gasteiger partial charge in [0.1, 0.15) is 0 Å². The highest BCUT2D eigenvalue weighted by Gasteiger charge is 2.15. The van der Waals surface area contributed by atoms with Crippen LogP contribution in [0.5, 0.6) is 0 Å². The Labute approximate surface area is 112 Å². The average molecular weight is 263 g/mol. The maximum atomic E-state index is 10.9. The number of carbonyl (C=O) groups is 1. The van der Waals surface area contributed by atoms with Crippen molar-refractivity contribution < 1.29 is 4.79 Å². The summed E-state index contributed by atoms with van der Waals surface area (Å²) in [6.07, 6.45) is 2.45. The van der Waals surface area contributed by atoms with Crippen LogP contribution in [-0.4, -0.2) is 24.1 Å². The first kappa shape index (κ1) is 12.8. The zero-order chi connectivity index (χ0) is 13.0. The van der Waals surface area contributed by atoms with E-state index in [9.17, 15) is 4.79 Å². The largest absolute Gasteiger partial charge is 0.370 e. The van der Waals surface area contributed by atoms with Crippen LogP contribution >= 0.6 is 12.2 Å². The van der Waals surface area contributed by atoms with Crippen molar-refractivity contribution in [3.8, 4) is 0 Å². The maximum absolute atomic E-state index is 10.9. The Kier molecular flexibility index (Phi) is 4.15. The SMILES string of the molecule is CC(=O)NC(=S)Nc1ccccc1N1CCCC1. The molecule has 4 nitrogen and oxygen atoms in total. The van der Waals surface area contributed by atoms with Gasteiger partial charge < -0.3 is 15.5 Å². The minimum Gasteiger partial charge on any atom is -0.370 e. The van der Waals surface area contributed by atoms with Gasteiger partial charge in [0.2, 0.25) is 5.91 Å². The number of hydrogen-bond acceptors (Lipinski definition) is 3. The van der Waals surface area contributed by atoms with Crippen molar-refractivity contribution in [1.29, 1.82) is 0 Å². The molecule has 5 heteroatoms. The molecule has 0 atom stereocenters. The summed E-state index contributed by atoms with van der Waals surface area (Å²) in [5.74, 6) is -0.161. The van der Waals surface area contributed by atoms with Crippen LogP contribution < -0.4 is 15.5 Å². The Balaban J connectivity index is 2.12. The van der Waals surface area contributed by atoms with Gasteiger partial charge in [-0.05, 0) is 37.2 Å². The van der Waals surface area contributed by atoms with Gasteiger partial charge in [0.25, 0.3) is 0 Å². The van der Waals surface area contributed by atoms with Crippen LogP contribution in [0.2, 0.25) is 0 Å². The van der Waals surface area contributed by atoms with Crippen molar-refractivity contribution in [1.82, 2.24) is 5.32 Å². The Hall–Kier alpha value is -1.62. The van der Waals surface area contributed by atoms with Gasteiger partial charge in [-0.3, -0.25) is 4.79 Å². The van der Waals surface area contributed by atoms with E-state index in [0.29, 0.717) is 5.11 Å². The standard InChI is InChI=1S/C13H17N3OS/c1-10(17)14-13(18)15-11-6-2-3-7-12(11)16-8-4-5-9-16/h2-3,6-7H,4-5,8-9H2,1H3,(H2,14,15,17,18).